The molecule has 0 amide bonds. The second-order valence-corrected chi connectivity index (χ2v) is 10.1. The smallest absolute Gasteiger partial charge is 0.135 e. The first-order valence-electron chi connectivity index (χ1n) is 9.61. The molecule has 5 heteroatoms. The zero-order chi connectivity index (χ0) is 21.5. The van der Waals surface area contributed by atoms with E-state index >= 15 is 0 Å². The van der Waals surface area contributed by atoms with Gasteiger partial charge in [0.1, 0.15) is 11.2 Å². The molecule has 0 spiro atoms. The standard InChI is InChI=1S/C13H8Br2.C13H6BrNO/c14-10-3-1-8-5-9-2-4-11(15)7-13(9)12(8)6-10;14-9-2-4-13-11(6-9)10-5-8(7-15)1-3-12(10)16-13/h1-4,6-7H,5H2;1-6H. The van der Waals surface area contributed by atoms with Gasteiger partial charge in [-0.05, 0) is 89.3 Å². The summed E-state index contributed by atoms with van der Waals surface area (Å²) >= 11 is 10.5. The number of hydrogen-bond donors (Lipinski definition) is 0. The maximum Gasteiger partial charge on any atom is 0.135 e. The summed E-state index contributed by atoms with van der Waals surface area (Å²) in [5.41, 5.74) is 7.87. The van der Waals surface area contributed by atoms with Gasteiger partial charge in [0.15, 0.2) is 0 Å². The number of benzene rings is 4. The average molecular weight is 596 g/mol. The third kappa shape index (κ3) is 3.96. The van der Waals surface area contributed by atoms with Crippen molar-refractivity contribution >= 4 is 69.7 Å². The SMILES string of the molecule is Brc1ccc2c(c1)-c1cc(Br)ccc1C2.N#Cc1ccc2oc3ccc(Br)cc3c2c1. The van der Waals surface area contributed by atoms with Crippen LogP contribution in [0.3, 0.4) is 0 Å². The number of halogens is 3. The third-order valence-electron chi connectivity index (χ3n) is 5.38. The number of hydrogen-bond acceptors (Lipinski definition) is 2. The zero-order valence-corrected chi connectivity index (χ0v) is 20.9. The van der Waals surface area contributed by atoms with Crippen LogP contribution in [0.4, 0.5) is 0 Å². The molecular weight excluding hydrogens is 582 g/mol. The van der Waals surface area contributed by atoms with Crippen molar-refractivity contribution in [3.05, 3.63) is 103 Å². The number of rotatable bonds is 0. The second kappa shape index (κ2) is 8.27. The van der Waals surface area contributed by atoms with E-state index < -0.39 is 0 Å². The number of nitrogens with zero attached hydrogens (tertiary/aromatic N) is 1. The minimum Gasteiger partial charge on any atom is -0.456 e. The second-order valence-electron chi connectivity index (χ2n) is 7.35. The van der Waals surface area contributed by atoms with Crippen LogP contribution in [0.15, 0.2) is 90.6 Å². The van der Waals surface area contributed by atoms with Crippen LogP contribution in [0.5, 0.6) is 0 Å². The summed E-state index contributed by atoms with van der Waals surface area (Å²) in [5, 5.41) is 10.9. The van der Waals surface area contributed by atoms with Crippen LogP contribution in [0.1, 0.15) is 16.7 Å². The van der Waals surface area contributed by atoms with Crippen molar-refractivity contribution < 1.29 is 4.42 Å². The molecule has 2 nitrogen and oxygen atoms in total. The van der Waals surface area contributed by atoms with Crippen LogP contribution in [-0.2, 0) is 6.42 Å². The minimum absolute atomic E-state index is 0.648. The number of furan rings is 1. The highest BCUT2D eigenvalue weighted by molar-refractivity contribution is 9.11. The molecule has 0 saturated carbocycles. The van der Waals surface area contributed by atoms with Crippen LogP contribution in [0, 0.1) is 11.3 Å². The molecule has 1 aliphatic rings. The van der Waals surface area contributed by atoms with Gasteiger partial charge in [-0.25, -0.2) is 0 Å². The van der Waals surface area contributed by atoms with Crippen molar-refractivity contribution in [3.63, 3.8) is 0 Å². The first kappa shape index (κ1) is 20.5. The van der Waals surface area contributed by atoms with Gasteiger partial charge in [0, 0.05) is 24.2 Å². The van der Waals surface area contributed by atoms with Gasteiger partial charge < -0.3 is 4.42 Å². The summed E-state index contributed by atoms with van der Waals surface area (Å²) in [6.07, 6.45) is 1.06. The first-order chi connectivity index (χ1) is 15.0. The van der Waals surface area contributed by atoms with Crippen molar-refractivity contribution in [2.75, 3.05) is 0 Å². The highest BCUT2D eigenvalue weighted by Gasteiger charge is 2.18. The Bertz CT molecular complexity index is 1460. The van der Waals surface area contributed by atoms with Crippen LogP contribution in [0.2, 0.25) is 0 Å². The molecule has 0 atom stereocenters. The molecule has 0 unspecified atom stereocenters. The summed E-state index contributed by atoms with van der Waals surface area (Å²) < 4.78 is 8.98. The Morgan fingerprint density at radius 1 is 0.645 bits per heavy atom. The Labute approximate surface area is 204 Å². The Hall–Kier alpha value is -2.39. The third-order valence-corrected chi connectivity index (χ3v) is 6.86. The van der Waals surface area contributed by atoms with E-state index in [9.17, 15) is 0 Å². The molecule has 0 saturated heterocycles. The Balaban J connectivity index is 0.000000132. The fraction of sp³-hybridized carbons (Fsp3) is 0.0385. The van der Waals surface area contributed by atoms with Crippen LogP contribution >= 0.6 is 47.8 Å². The van der Waals surface area contributed by atoms with Gasteiger partial charge in [0.25, 0.3) is 0 Å². The van der Waals surface area contributed by atoms with Crippen LogP contribution in [0.25, 0.3) is 33.1 Å². The Morgan fingerprint density at radius 3 is 1.77 bits per heavy atom. The van der Waals surface area contributed by atoms with Crippen molar-refractivity contribution in [3.8, 4) is 17.2 Å². The van der Waals surface area contributed by atoms with E-state index in [1.165, 1.54) is 22.3 Å². The highest BCUT2D eigenvalue weighted by Crippen LogP contribution is 2.39. The van der Waals surface area contributed by atoms with Gasteiger partial charge in [-0.15, -0.1) is 0 Å². The van der Waals surface area contributed by atoms with E-state index in [2.05, 4.69) is 90.3 Å². The van der Waals surface area contributed by atoms with E-state index in [0.29, 0.717) is 5.56 Å². The molecule has 0 N–H and O–H groups in total. The fourth-order valence-corrected chi connectivity index (χ4v) is 5.01. The summed E-state index contributed by atoms with van der Waals surface area (Å²) in [4.78, 5) is 0. The van der Waals surface area contributed by atoms with Crippen molar-refractivity contribution in [2.24, 2.45) is 0 Å². The van der Waals surface area contributed by atoms with Gasteiger partial charge in [-0.3, -0.25) is 0 Å². The summed E-state index contributed by atoms with van der Waals surface area (Å²) in [6.45, 7) is 0. The predicted octanol–water partition coefficient (Wildman–Crippen LogP) is 9.00. The molecule has 1 aliphatic carbocycles. The highest BCUT2D eigenvalue weighted by atomic mass is 79.9. The number of nitriles is 1. The molecule has 0 bridgehead atoms. The van der Waals surface area contributed by atoms with Crippen LogP contribution in [-0.4, -0.2) is 0 Å². The zero-order valence-electron chi connectivity index (χ0n) is 16.1. The Kier molecular flexibility index (Phi) is 5.47. The molecule has 0 aliphatic heterocycles. The van der Waals surface area contributed by atoms with E-state index in [1.54, 1.807) is 6.07 Å². The van der Waals surface area contributed by atoms with Gasteiger partial charge in [-0.1, -0.05) is 59.9 Å². The lowest BCUT2D eigenvalue weighted by Gasteiger charge is -2.01. The van der Waals surface area contributed by atoms with Gasteiger partial charge in [0.2, 0.25) is 0 Å². The fourth-order valence-electron chi connectivity index (χ4n) is 3.93. The molecular formula is C26H14Br3NO. The quantitative estimate of drug-likeness (QED) is 0.176. The first-order valence-corrected chi connectivity index (χ1v) is 12.0. The number of fused-ring (bicyclic) bond motifs is 6. The molecule has 31 heavy (non-hydrogen) atoms. The largest absolute Gasteiger partial charge is 0.456 e. The summed E-state index contributed by atoms with van der Waals surface area (Å²) in [6, 6.07) is 26.5. The monoisotopic (exact) mass is 593 g/mol. The molecule has 0 radical (unpaired) electrons. The molecule has 5 aromatic rings. The average Bonchev–Trinajstić information content (AvgIpc) is 3.31. The molecule has 1 heterocycles. The molecule has 6 rings (SSSR count). The summed E-state index contributed by atoms with van der Waals surface area (Å²) in [5.74, 6) is 0. The Morgan fingerprint density at radius 2 is 1.16 bits per heavy atom. The molecule has 4 aromatic carbocycles. The predicted molar refractivity (Wildman–Crippen MR) is 136 cm³/mol. The lowest BCUT2D eigenvalue weighted by atomic mass is 10.1. The lowest BCUT2D eigenvalue weighted by molar-refractivity contribution is 0.669. The van der Waals surface area contributed by atoms with Crippen LogP contribution < -0.4 is 0 Å². The van der Waals surface area contributed by atoms with E-state index in [0.717, 1.165) is 41.8 Å². The van der Waals surface area contributed by atoms with E-state index in [4.69, 9.17) is 9.68 Å². The molecule has 150 valence electrons. The van der Waals surface area contributed by atoms with E-state index in [-0.39, 0.29) is 0 Å². The van der Waals surface area contributed by atoms with Gasteiger partial charge >= 0.3 is 0 Å². The van der Waals surface area contributed by atoms with Gasteiger partial charge in [-0.2, -0.15) is 5.26 Å². The van der Waals surface area contributed by atoms with Crippen molar-refractivity contribution in [1.82, 2.24) is 0 Å². The topological polar surface area (TPSA) is 36.9 Å². The van der Waals surface area contributed by atoms with E-state index in [1.807, 2.05) is 30.3 Å². The minimum atomic E-state index is 0.648. The molecule has 0 fully saturated rings. The molecule has 1 aromatic heterocycles. The lowest BCUT2D eigenvalue weighted by Crippen LogP contribution is -1.78. The normalized spacial score (nSPS) is 11.5. The van der Waals surface area contributed by atoms with Crippen molar-refractivity contribution in [1.29, 1.82) is 5.26 Å². The summed E-state index contributed by atoms with van der Waals surface area (Å²) in [7, 11) is 0. The maximum atomic E-state index is 8.87. The van der Waals surface area contributed by atoms with Crippen molar-refractivity contribution in [2.45, 2.75) is 6.42 Å². The maximum absolute atomic E-state index is 8.87. The van der Waals surface area contributed by atoms with Gasteiger partial charge in [0.05, 0.1) is 11.6 Å².